The van der Waals surface area contributed by atoms with Crippen molar-refractivity contribution in [3.63, 3.8) is 0 Å². The number of aromatic nitrogens is 2. The summed E-state index contributed by atoms with van der Waals surface area (Å²) in [5.74, 6) is 0.0818. The van der Waals surface area contributed by atoms with Gasteiger partial charge in [0.15, 0.2) is 5.69 Å². The Bertz CT molecular complexity index is 664. The first-order valence-corrected chi connectivity index (χ1v) is 6.97. The van der Waals surface area contributed by atoms with Gasteiger partial charge in [0.25, 0.3) is 0 Å². The SMILES string of the molecule is COc1cnc(C(=O)c2ccc(I)c(Cl)c2)c(OC)n1. The van der Waals surface area contributed by atoms with Gasteiger partial charge in [-0.2, -0.15) is 4.98 Å². The molecule has 1 aromatic carbocycles. The number of carbonyl (C=O) groups excluding carboxylic acids is 1. The van der Waals surface area contributed by atoms with Crippen LogP contribution in [-0.2, 0) is 0 Å². The predicted molar refractivity (Wildman–Crippen MR) is 82.7 cm³/mol. The lowest BCUT2D eigenvalue weighted by Gasteiger charge is -2.07. The second-order valence-electron chi connectivity index (χ2n) is 3.73. The minimum Gasteiger partial charge on any atom is -0.480 e. The molecule has 0 aliphatic heterocycles. The fraction of sp³-hybridized carbons (Fsp3) is 0.154. The van der Waals surface area contributed by atoms with Crippen molar-refractivity contribution >= 4 is 40.0 Å². The summed E-state index contributed by atoms with van der Waals surface area (Å²) in [6.45, 7) is 0. The Hall–Kier alpha value is -1.41. The van der Waals surface area contributed by atoms with E-state index in [1.807, 2.05) is 0 Å². The van der Waals surface area contributed by atoms with Crippen molar-refractivity contribution in [2.75, 3.05) is 14.2 Å². The van der Waals surface area contributed by atoms with Crippen molar-refractivity contribution in [3.05, 3.63) is 44.2 Å². The molecule has 0 unspecified atom stereocenters. The van der Waals surface area contributed by atoms with E-state index in [9.17, 15) is 4.79 Å². The first-order chi connectivity index (χ1) is 9.56. The van der Waals surface area contributed by atoms with Crippen LogP contribution in [0.1, 0.15) is 16.1 Å². The number of carbonyl (C=O) groups is 1. The van der Waals surface area contributed by atoms with E-state index in [0.29, 0.717) is 10.6 Å². The van der Waals surface area contributed by atoms with Crippen LogP contribution in [-0.4, -0.2) is 30.0 Å². The van der Waals surface area contributed by atoms with Crippen LogP contribution in [0.2, 0.25) is 5.02 Å². The summed E-state index contributed by atoms with van der Waals surface area (Å²) in [5.41, 5.74) is 0.541. The molecule has 0 saturated heterocycles. The number of hydrogen-bond donors (Lipinski definition) is 0. The van der Waals surface area contributed by atoms with E-state index in [1.54, 1.807) is 18.2 Å². The highest BCUT2D eigenvalue weighted by Crippen LogP contribution is 2.24. The molecule has 0 atom stereocenters. The van der Waals surface area contributed by atoms with Crippen molar-refractivity contribution < 1.29 is 14.3 Å². The Labute approximate surface area is 134 Å². The quantitative estimate of drug-likeness (QED) is 0.579. The Morgan fingerprint density at radius 2 is 2.05 bits per heavy atom. The van der Waals surface area contributed by atoms with Gasteiger partial charge in [-0.3, -0.25) is 4.79 Å². The molecule has 0 saturated carbocycles. The van der Waals surface area contributed by atoms with E-state index in [4.69, 9.17) is 21.1 Å². The van der Waals surface area contributed by atoms with E-state index in [0.717, 1.165) is 3.57 Å². The Morgan fingerprint density at radius 3 is 2.65 bits per heavy atom. The predicted octanol–water partition coefficient (Wildman–Crippen LogP) is 2.98. The van der Waals surface area contributed by atoms with Crippen LogP contribution in [0, 0.1) is 3.57 Å². The topological polar surface area (TPSA) is 61.3 Å². The number of ether oxygens (including phenoxy) is 2. The number of halogens is 2. The number of ketones is 1. The average molecular weight is 405 g/mol. The lowest BCUT2D eigenvalue weighted by atomic mass is 10.1. The molecule has 0 radical (unpaired) electrons. The maximum Gasteiger partial charge on any atom is 0.247 e. The summed E-state index contributed by atoms with van der Waals surface area (Å²) in [5, 5.41) is 0.511. The molecule has 0 aliphatic rings. The van der Waals surface area contributed by atoms with Gasteiger partial charge in [-0.05, 0) is 40.8 Å². The third kappa shape index (κ3) is 3.01. The molecule has 7 heteroatoms. The fourth-order valence-corrected chi connectivity index (χ4v) is 2.04. The first-order valence-electron chi connectivity index (χ1n) is 5.51. The Balaban J connectivity index is 2.44. The highest BCUT2D eigenvalue weighted by Gasteiger charge is 2.19. The molecule has 0 bridgehead atoms. The molecule has 104 valence electrons. The van der Waals surface area contributed by atoms with Crippen molar-refractivity contribution in [1.82, 2.24) is 9.97 Å². The summed E-state index contributed by atoms with van der Waals surface area (Å²) in [6.07, 6.45) is 1.37. The number of benzene rings is 1. The molecular weight excluding hydrogens is 395 g/mol. The zero-order valence-corrected chi connectivity index (χ0v) is 13.6. The smallest absolute Gasteiger partial charge is 0.247 e. The van der Waals surface area contributed by atoms with Crippen LogP contribution in [0.15, 0.2) is 24.4 Å². The molecule has 5 nitrogen and oxygen atoms in total. The van der Waals surface area contributed by atoms with Gasteiger partial charge in [0.2, 0.25) is 17.5 Å². The third-order valence-electron chi connectivity index (χ3n) is 2.52. The molecule has 2 aromatic rings. The van der Waals surface area contributed by atoms with E-state index in [1.165, 1.54) is 20.4 Å². The Kier molecular flexibility index (Phi) is 4.77. The number of rotatable bonds is 4. The van der Waals surface area contributed by atoms with E-state index in [2.05, 4.69) is 32.6 Å². The molecule has 2 rings (SSSR count). The summed E-state index contributed by atoms with van der Waals surface area (Å²) < 4.78 is 10.9. The van der Waals surface area contributed by atoms with Crippen LogP contribution >= 0.6 is 34.2 Å². The maximum absolute atomic E-state index is 12.4. The monoisotopic (exact) mass is 404 g/mol. The minimum atomic E-state index is -0.310. The van der Waals surface area contributed by atoms with Crippen LogP contribution in [0.4, 0.5) is 0 Å². The second-order valence-corrected chi connectivity index (χ2v) is 5.30. The summed E-state index contributed by atoms with van der Waals surface area (Å²) in [7, 11) is 2.88. The van der Waals surface area contributed by atoms with Crippen LogP contribution in [0.5, 0.6) is 11.8 Å². The molecule has 1 aromatic heterocycles. The summed E-state index contributed by atoms with van der Waals surface area (Å²) >= 11 is 8.11. The lowest BCUT2D eigenvalue weighted by molar-refractivity contribution is 0.103. The van der Waals surface area contributed by atoms with E-state index in [-0.39, 0.29) is 23.2 Å². The van der Waals surface area contributed by atoms with Gasteiger partial charge in [0.05, 0.1) is 25.4 Å². The zero-order chi connectivity index (χ0) is 14.7. The standard InChI is InChI=1S/C13H10ClIN2O3/c1-19-10-6-16-11(13(17-10)20-2)12(18)7-3-4-9(15)8(14)5-7/h3-6H,1-2H3. The fourth-order valence-electron chi connectivity index (χ4n) is 1.53. The number of methoxy groups -OCH3 is 2. The van der Waals surface area contributed by atoms with Gasteiger partial charge < -0.3 is 9.47 Å². The van der Waals surface area contributed by atoms with Crippen molar-refractivity contribution in [2.45, 2.75) is 0 Å². The average Bonchev–Trinajstić information content (AvgIpc) is 2.48. The second kappa shape index (κ2) is 6.36. The molecule has 0 aliphatic carbocycles. The van der Waals surface area contributed by atoms with Crippen molar-refractivity contribution in [2.24, 2.45) is 0 Å². The van der Waals surface area contributed by atoms with Crippen LogP contribution in [0.25, 0.3) is 0 Å². The highest BCUT2D eigenvalue weighted by molar-refractivity contribution is 14.1. The lowest BCUT2D eigenvalue weighted by Crippen LogP contribution is -2.09. The van der Waals surface area contributed by atoms with Crippen molar-refractivity contribution in [1.29, 1.82) is 0 Å². The highest BCUT2D eigenvalue weighted by atomic mass is 127. The Morgan fingerprint density at radius 1 is 1.30 bits per heavy atom. The largest absolute Gasteiger partial charge is 0.480 e. The summed E-state index contributed by atoms with van der Waals surface area (Å²) in [4.78, 5) is 20.5. The molecule has 0 amide bonds. The van der Waals surface area contributed by atoms with Crippen LogP contribution < -0.4 is 9.47 Å². The third-order valence-corrected chi connectivity index (χ3v) is 4.09. The van der Waals surface area contributed by atoms with Crippen LogP contribution in [0.3, 0.4) is 0 Å². The van der Waals surface area contributed by atoms with Gasteiger partial charge >= 0.3 is 0 Å². The number of nitrogens with zero attached hydrogens (tertiary/aromatic N) is 2. The van der Waals surface area contributed by atoms with Gasteiger partial charge in [-0.1, -0.05) is 11.6 Å². The molecule has 0 N–H and O–H groups in total. The molecular formula is C13H10ClIN2O3. The summed E-state index contributed by atoms with van der Waals surface area (Å²) in [6, 6.07) is 5.04. The first kappa shape index (κ1) is 15.0. The molecule has 1 heterocycles. The molecule has 20 heavy (non-hydrogen) atoms. The van der Waals surface area contributed by atoms with Gasteiger partial charge in [0, 0.05) is 9.13 Å². The normalized spacial score (nSPS) is 10.2. The van der Waals surface area contributed by atoms with E-state index >= 15 is 0 Å². The van der Waals surface area contributed by atoms with Crippen molar-refractivity contribution in [3.8, 4) is 11.8 Å². The number of hydrogen-bond acceptors (Lipinski definition) is 5. The van der Waals surface area contributed by atoms with Gasteiger partial charge in [-0.25, -0.2) is 4.98 Å². The zero-order valence-electron chi connectivity index (χ0n) is 10.7. The van der Waals surface area contributed by atoms with Gasteiger partial charge in [-0.15, -0.1) is 0 Å². The van der Waals surface area contributed by atoms with Gasteiger partial charge in [0.1, 0.15) is 0 Å². The van der Waals surface area contributed by atoms with E-state index < -0.39 is 0 Å². The maximum atomic E-state index is 12.4. The molecule has 0 spiro atoms. The minimum absolute atomic E-state index is 0.115. The molecule has 0 fully saturated rings.